The van der Waals surface area contributed by atoms with Crippen molar-refractivity contribution in [3.8, 4) is 0 Å². The molecule has 0 aromatic carbocycles. The summed E-state index contributed by atoms with van der Waals surface area (Å²) in [7, 11) is -1.81. The predicted molar refractivity (Wildman–Crippen MR) is 49.3 cm³/mol. The summed E-state index contributed by atoms with van der Waals surface area (Å²) < 4.78 is 28.2. The number of piperidine rings is 1. The Bertz CT molecular complexity index is 244. The average Bonchev–Trinajstić information content (AvgIpc) is 2.04. The van der Waals surface area contributed by atoms with E-state index in [1.54, 1.807) is 7.11 Å². The quantitative estimate of drug-likeness (QED) is 0.682. The summed E-state index contributed by atoms with van der Waals surface area (Å²) in [4.78, 5) is 0. The number of nitrogens with zero attached hydrogens (tertiary/aromatic N) is 1. The molecule has 0 atom stereocenters. The molecule has 0 spiro atoms. The summed E-state index contributed by atoms with van der Waals surface area (Å²) in [5, 5.41) is 5.00. The van der Waals surface area contributed by atoms with Gasteiger partial charge in [-0.2, -0.15) is 12.7 Å². The molecule has 78 valence electrons. The maximum Gasteiger partial charge on any atom is 0.276 e. The minimum absolute atomic E-state index is 0.475. The van der Waals surface area contributed by atoms with Crippen LogP contribution in [-0.2, 0) is 14.9 Å². The van der Waals surface area contributed by atoms with Crippen LogP contribution in [0.25, 0.3) is 0 Å². The summed E-state index contributed by atoms with van der Waals surface area (Å²) >= 11 is 0. The van der Waals surface area contributed by atoms with Gasteiger partial charge in [0.05, 0.1) is 0 Å². The monoisotopic (exact) mass is 208 g/mol. The van der Waals surface area contributed by atoms with Crippen LogP contribution in [0.4, 0.5) is 0 Å². The normalized spacial score (nSPS) is 22.0. The van der Waals surface area contributed by atoms with E-state index in [4.69, 9.17) is 9.88 Å². The third kappa shape index (κ3) is 3.22. The third-order valence-electron chi connectivity index (χ3n) is 2.34. The molecule has 6 heteroatoms. The van der Waals surface area contributed by atoms with E-state index in [0.717, 1.165) is 12.8 Å². The van der Waals surface area contributed by atoms with Crippen LogP contribution in [0.15, 0.2) is 0 Å². The van der Waals surface area contributed by atoms with Crippen molar-refractivity contribution in [2.75, 3.05) is 26.8 Å². The van der Waals surface area contributed by atoms with Gasteiger partial charge in [-0.05, 0) is 18.8 Å². The Hall–Kier alpha value is -0.170. The molecule has 1 aliphatic rings. The van der Waals surface area contributed by atoms with Gasteiger partial charge in [-0.15, -0.1) is 0 Å². The Labute approximate surface area is 79.0 Å². The predicted octanol–water partition coefficient (Wildman–Crippen LogP) is -0.452. The van der Waals surface area contributed by atoms with E-state index < -0.39 is 10.2 Å². The topological polar surface area (TPSA) is 72.6 Å². The van der Waals surface area contributed by atoms with Crippen molar-refractivity contribution in [3.05, 3.63) is 0 Å². The first kappa shape index (κ1) is 10.9. The largest absolute Gasteiger partial charge is 0.384 e. The second-order valence-electron chi connectivity index (χ2n) is 3.34. The number of hydrogen-bond acceptors (Lipinski definition) is 3. The Morgan fingerprint density at radius 3 is 2.38 bits per heavy atom. The van der Waals surface area contributed by atoms with Crippen LogP contribution in [0.5, 0.6) is 0 Å². The first-order valence-corrected chi connectivity index (χ1v) is 5.81. The summed E-state index contributed by atoms with van der Waals surface area (Å²) in [5.41, 5.74) is 0. The smallest absolute Gasteiger partial charge is 0.276 e. The number of nitrogens with two attached hydrogens (primary N) is 1. The minimum atomic E-state index is -3.47. The lowest BCUT2D eigenvalue weighted by atomic mass is 9.99. The Morgan fingerprint density at radius 2 is 2.00 bits per heavy atom. The highest BCUT2D eigenvalue weighted by atomic mass is 32.2. The third-order valence-corrected chi connectivity index (χ3v) is 3.42. The molecule has 1 heterocycles. The fourth-order valence-corrected chi connectivity index (χ4v) is 2.29. The summed E-state index contributed by atoms with van der Waals surface area (Å²) in [6.07, 6.45) is 1.68. The van der Waals surface area contributed by atoms with Crippen molar-refractivity contribution in [2.45, 2.75) is 12.8 Å². The van der Waals surface area contributed by atoms with Crippen molar-refractivity contribution in [2.24, 2.45) is 11.1 Å². The van der Waals surface area contributed by atoms with Gasteiger partial charge in [0, 0.05) is 26.8 Å². The second-order valence-corrected chi connectivity index (χ2v) is 4.89. The molecular weight excluding hydrogens is 192 g/mol. The molecule has 0 unspecified atom stereocenters. The molecule has 0 saturated carbocycles. The molecule has 13 heavy (non-hydrogen) atoms. The molecule has 1 aliphatic heterocycles. The van der Waals surface area contributed by atoms with Gasteiger partial charge in [0.15, 0.2) is 0 Å². The summed E-state index contributed by atoms with van der Waals surface area (Å²) in [6, 6.07) is 0. The Morgan fingerprint density at radius 1 is 1.46 bits per heavy atom. The van der Waals surface area contributed by atoms with Crippen molar-refractivity contribution in [3.63, 3.8) is 0 Å². The van der Waals surface area contributed by atoms with Gasteiger partial charge in [-0.3, -0.25) is 0 Å². The van der Waals surface area contributed by atoms with Crippen molar-refractivity contribution in [1.82, 2.24) is 4.31 Å². The number of rotatable bonds is 3. The molecule has 0 radical (unpaired) electrons. The van der Waals surface area contributed by atoms with Crippen LogP contribution in [0.2, 0.25) is 0 Å². The first-order chi connectivity index (χ1) is 6.04. The lowest BCUT2D eigenvalue weighted by Crippen LogP contribution is -2.42. The SMILES string of the molecule is COCC1CCN(S(N)(=O)=O)CC1. The lowest BCUT2D eigenvalue weighted by molar-refractivity contribution is 0.121. The second kappa shape index (κ2) is 4.36. The average molecular weight is 208 g/mol. The number of methoxy groups -OCH3 is 1. The molecule has 1 fully saturated rings. The molecule has 0 aliphatic carbocycles. The van der Waals surface area contributed by atoms with Gasteiger partial charge in [0.25, 0.3) is 10.2 Å². The van der Waals surface area contributed by atoms with E-state index in [1.807, 2.05) is 0 Å². The van der Waals surface area contributed by atoms with Crippen LogP contribution in [0.3, 0.4) is 0 Å². The zero-order valence-corrected chi connectivity index (χ0v) is 8.59. The van der Waals surface area contributed by atoms with Crippen LogP contribution in [-0.4, -0.2) is 39.5 Å². The zero-order valence-electron chi connectivity index (χ0n) is 7.77. The van der Waals surface area contributed by atoms with Crippen LogP contribution >= 0.6 is 0 Å². The van der Waals surface area contributed by atoms with Gasteiger partial charge in [0.1, 0.15) is 0 Å². The zero-order chi connectivity index (χ0) is 9.90. The molecular formula is C7H16N2O3S. The van der Waals surface area contributed by atoms with Gasteiger partial charge in [0.2, 0.25) is 0 Å². The number of hydrogen-bond donors (Lipinski definition) is 1. The fraction of sp³-hybridized carbons (Fsp3) is 1.00. The highest BCUT2D eigenvalue weighted by molar-refractivity contribution is 7.86. The van der Waals surface area contributed by atoms with E-state index >= 15 is 0 Å². The molecule has 2 N–H and O–H groups in total. The van der Waals surface area contributed by atoms with Crippen LogP contribution in [0, 0.1) is 5.92 Å². The number of ether oxygens (including phenoxy) is 1. The Kier molecular flexibility index (Phi) is 3.66. The summed E-state index contributed by atoms with van der Waals surface area (Å²) in [6.45, 7) is 1.75. The van der Waals surface area contributed by atoms with E-state index in [2.05, 4.69) is 0 Å². The summed E-state index contributed by atoms with van der Waals surface area (Å²) in [5.74, 6) is 0.475. The first-order valence-electron chi connectivity index (χ1n) is 4.31. The highest BCUT2D eigenvalue weighted by Crippen LogP contribution is 2.18. The van der Waals surface area contributed by atoms with Gasteiger partial charge in [-0.1, -0.05) is 0 Å². The molecule has 5 nitrogen and oxygen atoms in total. The molecule has 1 rings (SSSR count). The van der Waals surface area contributed by atoms with E-state index in [0.29, 0.717) is 25.6 Å². The van der Waals surface area contributed by atoms with Crippen molar-refractivity contribution in [1.29, 1.82) is 0 Å². The van der Waals surface area contributed by atoms with Crippen LogP contribution < -0.4 is 5.14 Å². The van der Waals surface area contributed by atoms with E-state index in [-0.39, 0.29) is 0 Å². The van der Waals surface area contributed by atoms with Gasteiger partial charge in [-0.25, -0.2) is 5.14 Å². The molecule has 0 aromatic heterocycles. The van der Waals surface area contributed by atoms with Crippen molar-refractivity contribution >= 4 is 10.2 Å². The van der Waals surface area contributed by atoms with Crippen molar-refractivity contribution < 1.29 is 13.2 Å². The van der Waals surface area contributed by atoms with Gasteiger partial charge < -0.3 is 4.74 Å². The van der Waals surface area contributed by atoms with E-state index in [1.165, 1.54) is 4.31 Å². The van der Waals surface area contributed by atoms with Gasteiger partial charge >= 0.3 is 0 Å². The lowest BCUT2D eigenvalue weighted by Gasteiger charge is -2.29. The molecule has 1 saturated heterocycles. The molecule has 0 aromatic rings. The molecule has 0 amide bonds. The van der Waals surface area contributed by atoms with E-state index in [9.17, 15) is 8.42 Å². The molecule has 0 bridgehead atoms. The van der Waals surface area contributed by atoms with Crippen LogP contribution in [0.1, 0.15) is 12.8 Å². The fourth-order valence-electron chi connectivity index (χ4n) is 1.57. The Balaban J connectivity index is 2.39. The maximum atomic E-state index is 10.9. The standard InChI is InChI=1S/C7H16N2O3S/c1-12-6-7-2-4-9(5-3-7)13(8,10)11/h7H,2-6H2,1H3,(H2,8,10,11). The highest BCUT2D eigenvalue weighted by Gasteiger charge is 2.24. The minimum Gasteiger partial charge on any atom is -0.384 e. The maximum absolute atomic E-state index is 10.9.